The molecular formula is C17H14F2N2OS. The van der Waals surface area contributed by atoms with E-state index in [1.54, 1.807) is 6.20 Å². The molecule has 23 heavy (non-hydrogen) atoms. The third-order valence-corrected chi connectivity index (χ3v) is 3.66. The van der Waals surface area contributed by atoms with Crippen LogP contribution < -0.4 is 4.74 Å². The molecule has 0 spiro atoms. The number of ether oxygens (including phenoxy) is 1. The van der Waals surface area contributed by atoms with Crippen molar-refractivity contribution in [3.8, 4) is 22.7 Å². The van der Waals surface area contributed by atoms with Gasteiger partial charge in [0.2, 0.25) is 0 Å². The number of nitrogens with zero attached hydrogens (tertiary/aromatic N) is 1. The fraction of sp³-hybridized carbons (Fsp3) is 0.118. The Kier molecular flexibility index (Phi) is 4.25. The normalized spacial score (nSPS) is 10.7. The quantitative estimate of drug-likeness (QED) is 0.690. The first-order chi connectivity index (χ1) is 11.1. The smallest absolute Gasteiger partial charge is 0.182 e. The molecule has 0 aliphatic heterocycles. The second-order valence-electron chi connectivity index (χ2n) is 4.90. The average Bonchev–Trinajstić information content (AvgIpc) is 2.90. The van der Waals surface area contributed by atoms with Crippen LogP contribution in [0.15, 0.2) is 48.7 Å². The Morgan fingerprint density at radius 2 is 1.87 bits per heavy atom. The number of aromatic amines is 1. The summed E-state index contributed by atoms with van der Waals surface area (Å²) in [6, 6.07) is 10.9. The van der Waals surface area contributed by atoms with E-state index in [9.17, 15) is 8.78 Å². The SMILES string of the molecule is CCOc1ccc(-c2cn(-c3ccc(F)cc3F)c(=S)[nH]2)cc1. The molecule has 1 N–H and O–H groups in total. The third-order valence-electron chi connectivity index (χ3n) is 3.36. The Hall–Kier alpha value is -2.47. The van der Waals surface area contributed by atoms with E-state index in [0.717, 1.165) is 23.1 Å². The van der Waals surface area contributed by atoms with Gasteiger partial charge in [0.15, 0.2) is 4.77 Å². The highest BCUT2D eigenvalue weighted by Crippen LogP contribution is 2.24. The highest BCUT2D eigenvalue weighted by Gasteiger charge is 2.10. The number of aromatic nitrogens is 2. The Labute approximate surface area is 137 Å². The van der Waals surface area contributed by atoms with Gasteiger partial charge in [0.1, 0.15) is 17.4 Å². The van der Waals surface area contributed by atoms with Gasteiger partial charge in [-0.05, 0) is 61.1 Å². The molecule has 6 heteroatoms. The van der Waals surface area contributed by atoms with E-state index in [1.165, 1.54) is 16.7 Å². The minimum atomic E-state index is -0.668. The highest BCUT2D eigenvalue weighted by atomic mass is 32.1. The molecule has 118 valence electrons. The van der Waals surface area contributed by atoms with Gasteiger partial charge in [-0.15, -0.1) is 0 Å². The van der Waals surface area contributed by atoms with Crippen LogP contribution in [-0.4, -0.2) is 16.2 Å². The third kappa shape index (κ3) is 3.17. The Morgan fingerprint density at radius 3 is 2.52 bits per heavy atom. The summed E-state index contributed by atoms with van der Waals surface area (Å²) in [6.45, 7) is 2.52. The number of halogens is 2. The number of hydrogen-bond acceptors (Lipinski definition) is 2. The molecule has 1 heterocycles. The van der Waals surface area contributed by atoms with Crippen LogP contribution in [0.25, 0.3) is 16.9 Å². The molecule has 0 bridgehead atoms. The van der Waals surface area contributed by atoms with E-state index < -0.39 is 11.6 Å². The molecule has 0 radical (unpaired) electrons. The van der Waals surface area contributed by atoms with E-state index in [2.05, 4.69) is 4.98 Å². The van der Waals surface area contributed by atoms with Crippen LogP contribution in [0, 0.1) is 16.4 Å². The van der Waals surface area contributed by atoms with E-state index >= 15 is 0 Å². The van der Waals surface area contributed by atoms with Gasteiger partial charge in [0.25, 0.3) is 0 Å². The lowest BCUT2D eigenvalue weighted by Gasteiger charge is -2.04. The molecule has 0 amide bonds. The van der Waals surface area contributed by atoms with Crippen molar-refractivity contribution < 1.29 is 13.5 Å². The number of H-pyrrole nitrogens is 1. The Morgan fingerprint density at radius 1 is 1.13 bits per heavy atom. The molecule has 0 unspecified atom stereocenters. The van der Waals surface area contributed by atoms with Crippen LogP contribution in [-0.2, 0) is 0 Å². The molecule has 2 aromatic carbocycles. The average molecular weight is 332 g/mol. The Bertz CT molecular complexity index is 884. The monoisotopic (exact) mass is 332 g/mol. The predicted molar refractivity (Wildman–Crippen MR) is 87.5 cm³/mol. The van der Waals surface area contributed by atoms with Crippen molar-refractivity contribution in [1.29, 1.82) is 0 Å². The summed E-state index contributed by atoms with van der Waals surface area (Å²) in [4.78, 5) is 3.03. The minimum absolute atomic E-state index is 0.199. The minimum Gasteiger partial charge on any atom is -0.494 e. The first kappa shape index (κ1) is 15.4. The lowest BCUT2D eigenvalue weighted by atomic mass is 10.1. The van der Waals surface area contributed by atoms with Gasteiger partial charge in [-0.25, -0.2) is 8.78 Å². The maximum atomic E-state index is 13.9. The van der Waals surface area contributed by atoms with Gasteiger partial charge in [-0.1, -0.05) is 0 Å². The van der Waals surface area contributed by atoms with Gasteiger partial charge in [-0.2, -0.15) is 0 Å². The zero-order chi connectivity index (χ0) is 16.4. The second-order valence-corrected chi connectivity index (χ2v) is 5.28. The van der Waals surface area contributed by atoms with Crippen molar-refractivity contribution in [2.45, 2.75) is 6.92 Å². The summed E-state index contributed by atoms with van der Waals surface area (Å²) in [5.74, 6) is -0.516. The van der Waals surface area contributed by atoms with Crippen molar-refractivity contribution >= 4 is 12.2 Å². The maximum absolute atomic E-state index is 13.9. The van der Waals surface area contributed by atoms with Crippen molar-refractivity contribution in [2.24, 2.45) is 0 Å². The molecule has 0 atom stereocenters. The van der Waals surface area contributed by atoms with Gasteiger partial charge in [-0.3, -0.25) is 4.57 Å². The fourth-order valence-electron chi connectivity index (χ4n) is 2.30. The second kappa shape index (κ2) is 6.34. The van der Waals surface area contributed by atoms with E-state index in [0.29, 0.717) is 11.4 Å². The molecule has 0 saturated carbocycles. The molecule has 3 rings (SSSR count). The number of hydrogen-bond donors (Lipinski definition) is 1. The first-order valence-electron chi connectivity index (χ1n) is 7.09. The van der Waals surface area contributed by atoms with Crippen molar-refractivity contribution in [1.82, 2.24) is 9.55 Å². The van der Waals surface area contributed by atoms with Crippen LogP contribution >= 0.6 is 12.2 Å². The van der Waals surface area contributed by atoms with Gasteiger partial charge >= 0.3 is 0 Å². The number of benzene rings is 2. The molecule has 0 aliphatic rings. The van der Waals surface area contributed by atoms with Crippen LogP contribution in [0.5, 0.6) is 5.75 Å². The molecule has 3 nitrogen and oxygen atoms in total. The van der Waals surface area contributed by atoms with E-state index in [4.69, 9.17) is 17.0 Å². The summed E-state index contributed by atoms with van der Waals surface area (Å²) >= 11 is 5.24. The topological polar surface area (TPSA) is 29.9 Å². The van der Waals surface area contributed by atoms with Crippen LogP contribution in [0.4, 0.5) is 8.78 Å². The summed E-state index contributed by atoms with van der Waals surface area (Å²) in [7, 11) is 0. The number of imidazole rings is 1. The van der Waals surface area contributed by atoms with Crippen molar-refractivity contribution in [2.75, 3.05) is 6.61 Å². The van der Waals surface area contributed by atoms with Crippen molar-refractivity contribution in [3.05, 3.63) is 65.1 Å². The lowest BCUT2D eigenvalue weighted by molar-refractivity contribution is 0.340. The summed E-state index contributed by atoms with van der Waals surface area (Å²) in [5.41, 5.74) is 1.83. The zero-order valence-corrected chi connectivity index (χ0v) is 13.2. The van der Waals surface area contributed by atoms with Crippen LogP contribution in [0.2, 0.25) is 0 Å². The van der Waals surface area contributed by atoms with Gasteiger partial charge in [0, 0.05) is 12.3 Å². The molecule has 0 aliphatic carbocycles. The zero-order valence-electron chi connectivity index (χ0n) is 12.3. The van der Waals surface area contributed by atoms with E-state index in [-0.39, 0.29) is 5.69 Å². The summed E-state index contributed by atoms with van der Waals surface area (Å²) in [6.07, 6.45) is 1.69. The number of nitrogens with one attached hydrogen (secondary N) is 1. The molecule has 3 aromatic rings. The molecule has 1 aromatic heterocycles. The highest BCUT2D eigenvalue weighted by molar-refractivity contribution is 7.71. The molecule has 0 saturated heterocycles. The number of rotatable bonds is 4. The van der Waals surface area contributed by atoms with Crippen LogP contribution in [0.1, 0.15) is 6.92 Å². The molecule has 0 fully saturated rings. The van der Waals surface area contributed by atoms with Crippen LogP contribution in [0.3, 0.4) is 0 Å². The Balaban J connectivity index is 1.99. The van der Waals surface area contributed by atoms with Gasteiger partial charge < -0.3 is 9.72 Å². The van der Waals surface area contributed by atoms with E-state index in [1.807, 2.05) is 31.2 Å². The summed E-state index contributed by atoms with van der Waals surface area (Å²) in [5, 5.41) is 0. The fourth-order valence-corrected chi connectivity index (χ4v) is 2.56. The largest absolute Gasteiger partial charge is 0.494 e. The standard InChI is InChI=1S/C17H14F2N2OS/c1-2-22-13-6-3-11(4-7-13)15-10-21(17(23)20-15)16-8-5-12(18)9-14(16)19/h3-10H,2H2,1H3,(H,20,23). The van der Waals surface area contributed by atoms with Gasteiger partial charge in [0.05, 0.1) is 18.0 Å². The summed E-state index contributed by atoms with van der Waals surface area (Å²) < 4.78 is 34.2. The van der Waals surface area contributed by atoms with Crippen molar-refractivity contribution in [3.63, 3.8) is 0 Å². The molecular weight excluding hydrogens is 318 g/mol. The first-order valence-corrected chi connectivity index (χ1v) is 7.49. The maximum Gasteiger partial charge on any atom is 0.182 e. The predicted octanol–water partition coefficient (Wildman–Crippen LogP) is 4.88. The lowest BCUT2D eigenvalue weighted by Crippen LogP contribution is -1.96.